The predicted octanol–water partition coefficient (Wildman–Crippen LogP) is 5.71. The van der Waals surface area contributed by atoms with Gasteiger partial charge in [0.25, 0.3) is 11.8 Å². The number of rotatable bonds is 4. The molecule has 0 unspecified atom stereocenters. The van der Waals surface area contributed by atoms with E-state index in [0.29, 0.717) is 10.6 Å². The van der Waals surface area contributed by atoms with Gasteiger partial charge in [0, 0.05) is 49.8 Å². The van der Waals surface area contributed by atoms with Gasteiger partial charge >= 0.3 is 0 Å². The Hall–Kier alpha value is -3.09. The first-order chi connectivity index (χ1) is 18.0. The monoisotopic (exact) mass is 550 g/mol. The van der Waals surface area contributed by atoms with Crippen LogP contribution >= 0.6 is 24.0 Å². The Balaban J connectivity index is 0.00000294. The van der Waals surface area contributed by atoms with Crippen LogP contribution in [0.15, 0.2) is 67.0 Å². The molecule has 2 aromatic carbocycles. The van der Waals surface area contributed by atoms with Crippen molar-refractivity contribution in [3.63, 3.8) is 0 Å². The molecule has 198 valence electrons. The van der Waals surface area contributed by atoms with Crippen molar-refractivity contribution >= 4 is 41.5 Å². The van der Waals surface area contributed by atoms with E-state index in [-0.39, 0.29) is 35.7 Å². The van der Waals surface area contributed by atoms with Gasteiger partial charge in [0.1, 0.15) is 0 Å². The Morgan fingerprint density at radius 2 is 1.63 bits per heavy atom. The van der Waals surface area contributed by atoms with Gasteiger partial charge in [-0.1, -0.05) is 35.9 Å². The Kier molecular flexibility index (Phi) is 7.64. The lowest BCUT2D eigenvalue weighted by atomic mass is 9.77. The van der Waals surface area contributed by atoms with Gasteiger partial charge in [-0.2, -0.15) is 0 Å². The van der Waals surface area contributed by atoms with E-state index in [1.165, 1.54) is 5.69 Å². The number of pyridine rings is 1. The topological polar surface area (TPSA) is 65.5 Å². The Morgan fingerprint density at radius 3 is 2.39 bits per heavy atom. The second-order valence-corrected chi connectivity index (χ2v) is 11.0. The lowest BCUT2D eigenvalue weighted by molar-refractivity contribution is 0.0761. The molecule has 6 nitrogen and oxygen atoms in total. The summed E-state index contributed by atoms with van der Waals surface area (Å²) in [6.07, 6.45) is 8.54. The number of hydrogen-bond acceptors (Lipinski definition) is 4. The summed E-state index contributed by atoms with van der Waals surface area (Å²) < 4.78 is 0. The van der Waals surface area contributed by atoms with Gasteiger partial charge in [-0.15, -0.1) is 12.4 Å². The molecule has 1 N–H and O–H groups in total. The zero-order valence-electron chi connectivity index (χ0n) is 21.2. The number of nitrogens with one attached hydrogen (secondary N) is 1. The molecule has 3 aliphatic rings. The molecule has 0 bridgehead atoms. The molecule has 0 saturated carbocycles. The third-order valence-electron chi connectivity index (χ3n) is 8.48. The second-order valence-electron chi connectivity index (χ2n) is 10.6. The molecule has 6 rings (SSSR count). The largest absolute Gasteiger partial charge is 0.371 e. The van der Waals surface area contributed by atoms with E-state index >= 15 is 0 Å². The summed E-state index contributed by atoms with van der Waals surface area (Å²) in [6, 6.07) is 17.0. The van der Waals surface area contributed by atoms with E-state index in [0.717, 1.165) is 75.0 Å². The van der Waals surface area contributed by atoms with Crippen molar-refractivity contribution in [1.29, 1.82) is 0 Å². The summed E-state index contributed by atoms with van der Waals surface area (Å²) in [5, 5.41) is 3.58. The lowest BCUT2D eigenvalue weighted by Gasteiger charge is -2.40. The molecule has 2 aliphatic heterocycles. The number of carbonyl (C=O) groups is 2. The standard InChI is InChI=1S/C30H31ClN4O2.ClH/c31-25-7-2-1-5-23(25)28(36)33-26-9-8-21-4-3-6-24(27(21)26)29(37)35-19-14-30(20-35)12-17-34(18-13-30)22-10-15-32-16-11-22;/h1-7,10-11,15-16,26H,8-9,12-14,17-20H2,(H,33,36);1H/t26-;/m1./s1. The highest BCUT2D eigenvalue weighted by Gasteiger charge is 2.43. The van der Waals surface area contributed by atoms with Crippen LogP contribution in [-0.2, 0) is 6.42 Å². The highest BCUT2D eigenvalue weighted by molar-refractivity contribution is 6.33. The van der Waals surface area contributed by atoms with Crippen molar-refractivity contribution < 1.29 is 9.59 Å². The maximum Gasteiger partial charge on any atom is 0.254 e. The number of carbonyl (C=O) groups excluding carboxylic acids is 2. The van der Waals surface area contributed by atoms with Crippen LogP contribution in [0.1, 0.15) is 63.6 Å². The number of aryl methyl sites for hydroxylation is 1. The first-order valence-electron chi connectivity index (χ1n) is 13.1. The third kappa shape index (κ3) is 4.99. The van der Waals surface area contributed by atoms with Crippen molar-refractivity contribution in [1.82, 2.24) is 15.2 Å². The van der Waals surface area contributed by atoms with Crippen molar-refractivity contribution in [3.8, 4) is 0 Å². The molecule has 2 saturated heterocycles. The first-order valence-corrected chi connectivity index (χ1v) is 13.5. The van der Waals surface area contributed by atoms with E-state index < -0.39 is 0 Å². The predicted molar refractivity (Wildman–Crippen MR) is 152 cm³/mol. The van der Waals surface area contributed by atoms with E-state index in [1.54, 1.807) is 12.1 Å². The quantitative estimate of drug-likeness (QED) is 0.452. The molecule has 38 heavy (non-hydrogen) atoms. The van der Waals surface area contributed by atoms with Gasteiger partial charge in [-0.05, 0) is 79.0 Å². The molecule has 1 atom stereocenters. The molecular weight excluding hydrogens is 519 g/mol. The van der Waals surface area contributed by atoms with Crippen LogP contribution in [0.3, 0.4) is 0 Å². The summed E-state index contributed by atoms with van der Waals surface area (Å²) in [5.41, 5.74) is 4.72. The SMILES string of the molecule is Cl.O=C(N[C@@H]1CCc2cccc(C(=O)N3CCC4(CCN(c5ccncc5)CC4)C3)c21)c1ccccc1Cl. The number of fused-ring (bicyclic) bond motifs is 1. The number of halogens is 2. The molecule has 3 aromatic rings. The van der Waals surface area contributed by atoms with Crippen molar-refractivity contribution in [2.75, 3.05) is 31.1 Å². The summed E-state index contributed by atoms with van der Waals surface area (Å²) in [5.74, 6) is -0.115. The van der Waals surface area contributed by atoms with Crippen LogP contribution in [0.4, 0.5) is 5.69 Å². The van der Waals surface area contributed by atoms with Gasteiger partial charge in [0.2, 0.25) is 0 Å². The third-order valence-corrected chi connectivity index (χ3v) is 8.81. The molecule has 3 heterocycles. The average Bonchev–Trinajstić information content (AvgIpc) is 3.54. The van der Waals surface area contributed by atoms with Crippen LogP contribution in [0.5, 0.6) is 0 Å². The normalized spacial score (nSPS) is 19.7. The number of hydrogen-bond donors (Lipinski definition) is 1. The number of anilines is 1. The highest BCUT2D eigenvalue weighted by Crippen LogP contribution is 2.42. The minimum Gasteiger partial charge on any atom is -0.371 e. The molecule has 1 spiro atoms. The summed E-state index contributed by atoms with van der Waals surface area (Å²) >= 11 is 6.26. The van der Waals surface area contributed by atoms with Gasteiger partial charge < -0.3 is 15.1 Å². The number of nitrogens with zero attached hydrogens (tertiary/aromatic N) is 3. The number of aromatic nitrogens is 1. The molecule has 1 aliphatic carbocycles. The van der Waals surface area contributed by atoms with Gasteiger partial charge in [-0.25, -0.2) is 0 Å². The number of piperidine rings is 1. The van der Waals surface area contributed by atoms with Crippen LogP contribution in [0.2, 0.25) is 5.02 Å². The highest BCUT2D eigenvalue weighted by atomic mass is 35.5. The van der Waals surface area contributed by atoms with E-state index in [4.69, 9.17) is 11.6 Å². The molecule has 2 amide bonds. The fraction of sp³-hybridized carbons (Fsp3) is 0.367. The van der Waals surface area contributed by atoms with Crippen LogP contribution in [-0.4, -0.2) is 47.9 Å². The van der Waals surface area contributed by atoms with E-state index in [1.807, 2.05) is 41.6 Å². The Labute approximate surface area is 234 Å². The fourth-order valence-corrected chi connectivity index (χ4v) is 6.60. The summed E-state index contributed by atoms with van der Waals surface area (Å²) in [6.45, 7) is 3.59. The number of likely N-dealkylation sites (tertiary alicyclic amines) is 1. The number of amides is 2. The van der Waals surface area contributed by atoms with Crippen LogP contribution in [0, 0.1) is 5.41 Å². The van der Waals surface area contributed by atoms with Crippen LogP contribution in [0.25, 0.3) is 0 Å². The molecular formula is C30H32Cl2N4O2. The van der Waals surface area contributed by atoms with Gasteiger partial charge in [-0.3, -0.25) is 14.6 Å². The van der Waals surface area contributed by atoms with E-state index in [2.05, 4.69) is 33.4 Å². The fourth-order valence-electron chi connectivity index (χ4n) is 6.38. The van der Waals surface area contributed by atoms with Crippen molar-refractivity contribution in [3.05, 3.63) is 94.3 Å². The maximum atomic E-state index is 13.8. The number of benzene rings is 2. The van der Waals surface area contributed by atoms with Crippen molar-refractivity contribution in [2.24, 2.45) is 5.41 Å². The Bertz CT molecular complexity index is 1320. The van der Waals surface area contributed by atoms with E-state index in [9.17, 15) is 9.59 Å². The first kappa shape index (κ1) is 26.5. The molecule has 8 heteroatoms. The zero-order valence-corrected chi connectivity index (χ0v) is 22.8. The molecule has 0 radical (unpaired) electrons. The minimum absolute atomic E-state index is 0. The van der Waals surface area contributed by atoms with Gasteiger partial charge in [0.05, 0.1) is 16.6 Å². The average molecular weight is 552 g/mol. The smallest absolute Gasteiger partial charge is 0.254 e. The van der Waals surface area contributed by atoms with Crippen LogP contribution < -0.4 is 10.2 Å². The maximum absolute atomic E-state index is 13.8. The summed E-state index contributed by atoms with van der Waals surface area (Å²) in [4.78, 5) is 35.5. The van der Waals surface area contributed by atoms with Crippen molar-refractivity contribution in [2.45, 2.75) is 38.1 Å². The summed E-state index contributed by atoms with van der Waals surface area (Å²) in [7, 11) is 0. The molecule has 1 aromatic heterocycles. The van der Waals surface area contributed by atoms with Gasteiger partial charge in [0.15, 0.2) is 0 Å². The molecule has 2 fully saturated rings. The second kappa shape index (κ2) is 11.0. The minimum atomic E-state index is -0.202. The lowest BCUT2D eigenvalue weighted by Crippen LogP contribution is -2.42. The Morgan fingerprint density at radius 1 is 0.921 bits per heavy atom. The zero-order chi connectivity index (χ0) is 25.4.